The normalized spacial score (nSPS) is 10.4. The first-order valence-electron chi connectivity index (χ1n) is 6.06. The predicted octanol–water partition coefficient (Wildman–Crippen LogP) is 4.04. The molecule has 0 aromatic heterocycles. The van der Waals surface area contributed by atoms with Crippen LogP contribution in [-0.4, -0.2) is 25.8 Å². The summed E-state index contributed by atoms with van der Waals surface area (Å²) in [5.74, 6) is 0. The van der Waals surface area contributed by atoms with Gasteiger partial charge in [0.2, 0.25) is 0 Å². The first kappa shape index (κ1) is 17.6. The SMILES string of the molecule is CCCCCCCCCCN(C)OC.Cl. The van der Waals surface area contributed by atoms with Crippen LogP contribution in [-0.2, 0) is 4.84 Å². The zero-order valence-corrected chi connectivity index (χ0v) is 11.4. The second-order valence-electron chi connectivity index (χ2n) is 4.01. The quantitative estimate of drug-likeness (QED) is 0.420. The van der Waals surface area contributed by atoms with E-state index >= 15 is 0 Å². The Morgan fingerprint density at radius 3 is 1.80 bits per heavy atom. The molecular weight excluding hydrogens is 210 g/mol. The molecule has 0 aromatic rings. The Hall–Kier alpha value is 0.210. The molecule has 0 aromatic carbocycles. The van der Waals surface area contributed by atoms with Crippen LogP contribution in [0.15, 0.2) is 0 Å². The van der Waals surface area contributed by atoms with E-state index in [2.05, 4.69) is 6.92 Å². The lowest BCUT2D eigenvalue weighted by Gasteiger charge is -2.12. The second-order valence-corrected chi connectivity index (χ2v) is 4.01. The average Bonchev–Trinajstić information content (AvgIpc) is 2.21. The van der Waals surface area contributed by atoms with Gasteiger partial charge in [-0.2, -0.15) is 5.06 Å². The van der Waals surface area contributed by atoms with E-state index in [0.717, 1.165) is 6.54 Å². The average molecular weight is 238 g/mol. The van der Waals surface area contributed by atoms with Gasteiger partial charge in [-0.05, 0) is 6.42 Å². The molecule has 0 aliphatic heterocycles. The van der Waals surface area contributed by atoms with Gasteiger partial charge in [-0.1, -0.05) is 51.9 Å². The van der Waals surface area contributed by atoms with Gasteiger partial charge in [-0.25, -0.2) is 0 Å². The van der Waals surface area contributed by atoms with Crippen LogP contribution in [0.1, 0.15) is 58.3 Å². The first-order valence-corrected chi connectivity index (χ1v) is 6.06. The zero-order chi connectivity index (χ0) is 10.6. The Morgan fingerprint density at radius 1 is 0.867 bits per heavy atom. The molecule has 0 amide bonds. The summed E-state index contributed by atoms with van der Waals surface area (Å²) in [6, 6.07) is 0. The van der Waals surface area contributed by atoms with Crippen LogP contribution >= 0.6 is 12.4 Å². The van der Waals surface area contributed by atoms with Gasteiger partial charge in [0.15, 0.2) is 0 Å². The van der Waals surface area contributed by atoms with Crippen molar-refractivity contribution in [3.63, 3.8) is 0 Å². The summed E-state index contributed by atoms with van der Waals surface area (Å²) < 4.78 is 0. The minimum atomic E-state index is 0. The van der Waals surface area contributed by atoms with Gasteiger partial charge in [-0.3, -0.25) is 0 Å². The number of hydrogen-bond donors (Lipinski definition) is 0. The molecule has 0 saturated carbocycles. The molecule has 0 aliphatic rings. The summed E-state index contributed by atoms with van der Waals surface area (Å²) >= 11 is 0. The monoisotopic (exact) mass is 237 g/mol. The van der Waals surface area contributed by atoms with Gasteiger partial charge in [0.25, 0.3) is 0 Å². The lowest BCUT2D eigenvalue weighted by Crippen LogP contribution is -2.17. The van der Waals surface area contributed by atoms with Crippen LogP contribution in [0.5, 0.6) is 0 Å². The van der Waals surface area contributed by atoms with Gasteiger partial charge >= 0.3 is 0 Å². The van der Waals surface area contributed by atoms with Crippen LogP contribution in [0, 0.1) is 0 Å². The van der Waals surface area contributed by atoms with Gasteiger partial charge < -0.3 is 4.84 Å². The molecule has 0 bridgehead atoms. The topological polar surface area (TPSA) is 12.5 Å². The van der Waals surface area contributed by atoms with Crippen LogP contribution in [0.2, 0.25) is 0 Å². The molecule has 15 heavy (non-hydrogen) atoms. The third-order valence-corrected chi connectivity index (χ3v) is 2.64. The summed E-state index contributed by atoms with van der Waals surface area (Å²) in [7, 11) is 3.71. The molecule has 0 N–H and O–H groups in total. The molecule has 0 saturated heterocycles. The van der Waals surface area contributed by atoms with Crippen molar-refractivity contribution in [3.05, 3.63) is 0 Å². The summed E-state index contributed by atoms with van der Waals surface area (Å²) in [5.41, 5.74) is 0. The Kier molecular flexibility index (Phi) is 16.7. The smallest absolute Gasteiger partial charge is 0.0575 e. The summed E-state index contributed by atoms with van der Waals surface area (Å²) in [5, 5.41) is 1.90. The Balaban J connectivity index is 0. The largest absolute Gasteiger partial charge is 0.303 e. The maximum absolute atomic E-state index is 5.04. The van der Waals surface area contributed by atoms with E-state index in [1.165, 1.54) is 51.4 Å². The Bertz CT molecular complexity index is 112. The first-order chi connectivity index (χ1) is 6.81. The van der Waals surface area contributed by atoms with Gasteiger partial charge in [-0.15, -0.1) is 12.4 Å². The van der Waals surface area contributed by atoms with Crippen molar-refractivity contribution in [1.29, 1.82) is 0 Å². The fourth-order valence-electron chi connectivity index (χ4n) is 1.56. The molecular formula is C12H28ClNO. The van der Waals surface area contributed by atoms with E-state index in [0.29, 0.717) is 0 Å². The fraction of sp³-hybridized carbons (Fsp3) is 1.00. The number of halogens is 1. The number of hydrogen-bond acceptors (Lipinski definition) is 2. The number of rotatable bonds is 10. The highest BCUT2D eigenvalue weighted by Gasteiger charge is 1.95. The van der Waals surface area contributed by atoms with Crippen molar-refractivity contribution >= 4 is 12.4 Å². The molecule has 0 aliphatic carbocycles. The fourth-order valence-corrected chi connectivity index (χ4v) is 1.56. The Morgan fingerprint density at radius 2 is 1.33 bits per heavy atom. The molecule has 0 atom stereocenters. The van der Waals surface area contributed by atoms with E-state index in [9.17, 15) is 0 Å². The number of nitrogens with zero attached hydrogens (tertiary/aromatic N) is 1. The molecule has 0 fully saturated rings. The van der Waals surface area contributed by atoms with Crippen molar-refractivity contribution in [1.82, 2.24) is 5.06 Å². The zero-order valence-electron chi connectivity index (χ0n) is 10.6. The molecule has 3 heteroatoms. The summed E-state index contributed by atoms with van der Waals surface area (Å²) in [4.78, 5) is 5.04. The molecule has 0 radical (unpaired) electrons. The highest BCUT2D eigenvalue weighted by atomic mass is 35.5. The standard InChI is InChI=1S/C12H27NO.ClH/c1-4-5-6-7-8-9-10-11-12-13(2)14-3;/h4-12H2,1-3H3;1H. The lowest BCUT2D eigenvalue weighted by atomic mass is 10.1. The van der Waals surface area contributed by atoms with E-state index in [4.69, 9.17) is 4.84 Å². The van der Waals surface area contributed by atoms with E-state index in [1.807, 2.05) is 12.1 Å². The highest BCUT2D eigenvalue weighted by molar-refractivity contribution is 5.85. The molecule has 0 heterocycles. The predicted molar refractivity (Wildman–Crippen MR) is 69.5 cm³/mol. The third kappa shape index (κ3) is 14.2. The van der Waals surface area contributed by atoms with E-state index in [-0.39, 0.29) is 12.4 Å². The molecule has 0 spiro atoms. The maximum Gasteiger partial charge on any atom is 0.0575 e. The third-order valence-electron chi connectivity index (χ3n) is 2.64. The van der Waals surface area contributed by atoms with E-state index in [1.54, 1.807) is 7.11 Å². The molecule has 0 rings (SSSR count). The van der Waals surface area contributed by atoms with Gasteiger partial charge in [0, 0.05) is 13.6 Å². The highest BCUT2D eigenvalue weighted by Crippen LogP contribution is 2.08. The Labute approximate surface area is 102 Å². The maximum atomic E-state index is 5.04. The minimum absolute atomic E-state index is 0. The van der Waals surface area contributed by atoms with Gasteiger partial charge in [0.05, 0.1) is 7.11 Å². The van der Waals surface area contributed by atoms with Crippen molar-refractivity contribution in [3.8, 4) is 0 Å². The van der Waals surface area contributed by atoms with Crippen molar-refractivity contribution < 1.29 is 4.84 Å². The van der Waals surface area contributed by atoms with Gasteiger partial charge in [0.1, 0.15) is 0 Å². The van der Waals surface area contributed by atoms with Crippen molar-refractivity contribution in [2.24, 2.45) is 0 Å². The lowest BCUT2D eigenvalue weighted by molar-refractivity contribution is -0.109. The second kappa shape index (κ2) is 14.2. The van der Waals surface area contributed by atoms with Crippen molar-refractivity contribution in [2.45, 2.75) is 58.3 Å². The summed E-state index contributed by atoms with van der Waals surface area (Å²) in [6.45, 7) is 3.33. The molecule has 94 valence electrons. The molecule has 0 unspecified atom stereocenters. The minimum Gasteiger partial charge on any atom is -0.303 e. The van der Waals surface area contributed by atoms with Crippen LogP contribution in [0.4, 0.5) is 0 Å². The molecule has 2 nitrogen and oxygen atoms in total. The van der Waals surface area contributed by atoms with Crippen LogP contribution in [0.25, 0.3) is 0 Å². The summed E-state index contributed by atoms with van der Waals surface area (Å²) in [6.07, 6.45) is 11.0. The van der Waals surface area contributed by atoms with Crippen LogP contribution in [0.3, 0.4) is 0 Å². The van der Waals surface area contributed by atoms with Crippen molar-refractivity contribution in [2.75, 3.05) is 20.7 Å². The number of hydroxylamine groups is 2. The van der Waals surface area contributed by atoms with E-state index < -0.39 is 0 Å². The van der Waals surface area contributed by atoms with Crippen LogP contribution < -0.4 is 0 Å². The number of unbranched alkanes of at least 4 members (excludes halogenated alkanes) is 7.